The Morgan fingerprint density at radius 3 is 2.56 bits per heavy atom. The number of aryl methyl sites for hydroxylation is 1. The summed E-state index contributed by atoms with van der Waals surface area (Å²) in [4.78, 5) is 31.8. The molecule has 3 aromatic rings. The van der Waals surface area contributed by atoms with Crippen LogP contribution in [-0.2, 0) is 13.1 Å². The van der Waals surface area contributed by atoms with Gasteiger partial charge in [-0.3, -0.25) is 23.7 Å². The van der Waals surface area contributed by atoms with E-state index in [1.165, 1.54) is 5.56 Å². The lowest BCUT2D eigenvalue weighted by molar-refractivity contribution is 0.171. The van der Waals surface area contributed by atoms with E-state index in [0.29, 0.717) is 12.6 Å². The minimum Gasteiger partial charge on any atom is -0.310 e. The first-order valence-electron chi connectivity index (χ1n) is 10.8. The smallest absolute Gasteiger partial charge is 0.252 e. The van der Waals surface area contributed by atoms with Gasteiger partial charge in [-0.05, 0) is 72.5 Å². The second kappa shape index (κ2) is 9.47. The van der Waals surface area contributed by atoms with Crippen molar-refractivity contribution in [3.05, 3.63) is 73.0 Å². The van der Waals surface area contributed by atoms with Crippen molar-refractivity contribution in [3.63, 3.8) is 0 Å². The van der Waals surface area contributed by atoms with Crippen molar-refractivity contribution in [2.75, 3.05) is 19.6 Å². The lowest BCUT2D eigenvalue weighted by Crippen LogP contribution is -2.44. The van der Waals surface area contributed by atoms with Crippen LogP contribution in [0.3, 0.4) is 0 Å². The standard InChI is InChI=1S/C23H26BrN5O2.ClH/c1-15-20(24)10-16(11-25-15)12-26-18-6-8-27(9-7-18)13-19-14-28-21(30)4-2-17-3-5-22(31)29(19)23(17)28;/h2-5,10-11,18-19,26H,6-9,12-14H2,1H3;1H. The summed E-state index contributed by atoms with van der Waals surface area (Å²) >= 11 is 3.55. The molecule has 32 heavy (non-hydrogen) atoms. The Kier molecular flexibility index (Phi) is 6.86. The van der Waals surface area contributed by atoms with Gasteiger partial charge in [-0.1, -0.05) is 0 Å². The fraction of sp³-hybridized carbons (Fsp3) is 0.435. The van der Waals surface area contributed by atoms with Gasteiger partial charge in [-0.15, -0.1) is 12.4 Å². The van der Waals surface area contributed by atoms with E-state index in [9.17, 15) is 9.59 Å². The summed E-state index contributed by atoms with van der Waals surface area (Å²) in [6.07, 6.45) is 4.07. The monoisotopic (exact) mass is 519 g/mol. The predicted octanol–water partition coefficient (Wildman–Crippen LogP) is 2.86. The summed E-state index contributed by atoms with van der Waals surface area (Å²) in [5.74, 6) is 0. The first-order chi connectivity index (χ1) is 15.0. The Bertz CT molecular complexity index is 1240. The zero-order valence-electron chi connectivity index (χ0n) is 18.0. The molecule has 1 N–H and O–H groups in total. The topological polar surface area (TPSA) is 72.2 Å². The predicted molar refractivity (Wildman–Crippen MR) is 132 cm³/mol. The molecule has 5 rings (SSSR count). The van der Waals surface area contributed by atoms with Crippen LogP contribution in [0.1, 0.15) is 30.1 Å². The number of aromatic nitrogens is 3. The van der Waals surface area contributed by atoms with E-state index >= 15 is 0 Å². The van der Waals surface area contributed by atoms with Crippen LogP contribution in [0.2, 0.25) is 0 Å². The van der Waals surface area contributed by atoms with E-state index < -0.39 is 0 Å². The van der Waals surface area contributed by atoms with Gasteiger partial charge in [0.2, 0.25) is 0 Å². The highest BCUT2D eigenvalue weighted by Crippen LogP contribution is 2.25. The molecule has 0 bridgehead atoms. The van der Waals surface area contributed by atoms with E-state index in [1.807, 2.05) is 29.8 Å². The summed E-state index contributed by atoms with van der Waals surface area (Å²) in [5.41, 5.74) is 2.89. The van der Waals surface area contributed by atoms with Gasteiger partial charge in [0.05, 0.1) is 11.7 Å². The molecule has 0 amide bonds. The molecule has 1 saturated heterocycles. The van der Waals surface area contributed by atoms with Crippen molar-refractivity contribution in [2.45, 2.75) is 44.9 Å². The van der Waals surface area contributed by atoms with Gasteiger partial charge < -0.3 is 10.2 Å². The first-order valence-corrected chi connectivity index (χ1v) is 11.6. The second-order valence-electron chi connectivity index (χ2n) is 8.62. The molecule has 0 saturated carbocycles. The van der Waals surface area contributed by atoms with Crippen molar-refractivity contribution in [1.29, 1.82) is 0 Å². The number of nitrogens with one attached hydrogen (secondary N) is 1. The third kappa shape index (κ3) is 4.41. The number of piperidine rings is 1. The molecule has 1 unspecified atom stereocenters. The molecule has 2 aliphatic rings. The fourth-order valence-corrected chi connectivity index (χ4v) is 5.21. The fourth-order valence-electron chi connectivity index (χ4n) is 4.81. The van der Waals surface area contributed by atoms with Crippen molar-refractivity contribution in [3.8, 4) is 0 Å². The molecule has 170 valence electrons. The molecule has 1 atom stereocenters. The number of pyridine rings is 3. The molecular weight excluding hydrogens is 494 g/mol. The Morgan fingerprint density at radius 2 is 1.84 bits per heavy atom. The Morgan fingerprint density at radius 1 is 1.12 bits per heavy atom. The van der Waals surface area contributed by atoms with Gasteiger partial charge in [-0.25, -0.2) is 0 Å². The third-order valence-corrected chi connectivity index (χ3v) is 7.35. The molecule has 7 nitrogen and oxygen atoms in total. The third-order valence-electron chi connectivity index (χ3n) is 6.55. The normalized spacial score (nSPS) is 18.8. The van der Waals surface area contributed by atoms with E-state index in [2.05, 4.69) is 37.2 Å². The highest BCUT2D eigenvalue weighted by molar-refractivity contribution is 9.10. The SMILES string of the molecule is Cc1ncc(CNC2CCN(CC3Cn4c(=O)ccc5ccc(=O)n3c54)CC2)cc1Br.Cl. The summed E-state index contributed by atoms with van der Waals surface area (Å²) in [6, 6.07) is 9.44. The van der Waals surface area contributed by atoms with Crippen molar-refractivity contribution in [2.24, 2.45) is 0 Å². The van der Waals surface area contributed by atoms with Crippen LogP contribution in [0.4, 0.5) is 0 Å². The molecule has 0 radical (unpaired) electrons. The van der Waals surface area contributed by atoms with Crippen LogP contribution in [0.15, 0.2) is 50.6 Å². The Hall–Kier alpha value is -2.00. The van der Waals surface area contributed by atoms with Crippen molar-refractivity contribution in [1.82, 2.24) is 24.3 Å². The summed E-state index contributed by atoms with van der Waals surface area (Å²) in [5, 5.41) is 4.60. The Labute approximate surface area is 201 Å². The highest BCUT2D eigenvalue weighted by atomic mass is 79.9. The van der Waals surface area contributed by atoms with Crippen LogP contribution in [0.25, 0.3) is 11.0 Å². The minimum atomic E-state index is -0.0329. The molecule has 0 aliphatic carbocycles. The molecule has 5 heterocycles. The van der Waals surface area contributed by atoms with Gasteiger partial charge >= 0.3 is 0 Å². The van der Waals surface area contributed by atoms with E-state index in [0.717, 1.165) is 60.2 Å². The zero-order valence-corrected chi connectivity index (χ0v) is 20.4. The van der Waals surface area contributed by atoms with Gasteiger partial charge in [0.25, 0.3) is 11.1 Å². The van der Waals surface area contributed by atoms with Crippen LogP contribution in [-0.4, -0.2) is 44.7 Å². The zero-order chi connectivity index (χ0) is 21.5. The second-order valence-corrected chi connectivity index (χ2v) is 9.48. The highest BCUT2D eigenvalue weighted by Gasteiger charge is 2.29. The number of nitrogens with zero attached hydrogens (tertiary/aromatic N) is 4. The van der Waals surface area contributed by atoms with Crippen LogP contribution in [0.5, 0.6) is 0 Å². The van der Waals surface area contributed by atoms with E-state index in [-0.39, 0.29) is 29.6 Å². The summed E-state index contributed by atoms with van der Waals surface area (Å²) < 4.78 is 4.62. The quantitative estimate of drug-likeness (QED) is 0.560. The maximum atomic E-state index is 12.6. The average Bonchev–Trinajstić information content (AvgIpc) is 3.15. The minimum absolute atomic E-state index is 0. The van der Waals surface area contributed by atoms with Crippen molar-refractivity contribution < 1.29 is 0 Å². The maximum absolute atomic E-state index is 12.6. The average molecular weight is 521 g/mol. The number of likely N-dealkylation sites (tertiary alicyclic amines) is 1. The summed E-state index contributed by atoms with van der Waals surface area (Å²) in [6.45, 7) is 6.14. The number of hydrogen-bond acceptors (Lipinski definition) is 5. The molecule has 0 aromatic carbocycles. The first kappa shape index (κ1) is 23.2. The van der Waals surface area contributed by atoms with Gasteiger partial charge in [-0.2, -0.15) is 0 Å². The largest absolute Gasteiger partial charge is 0.310 e. The van der Waals surface area contributed by atoms with Crippen LogP contribution in [0, 0.1) is 6.92 Å². The van der Waals surface area contributed by atoms with Crippen LogP contribution < -0.4 is 16.4 Å². The molecular formula is C23H27BrClN5O2. The number of halogens is 2. The van der Waals surface area contributed by atoms with Gasteiger partial charge in [0, 0.05) is 53.9 Å². The van der Waals surface area contributed by atoms with Crippen molar-refractivity contribution >= 4 is 39.4 Å². The molecule has 0 spiro atoms. The number of hydrogen-bond donors (Lipinski definition) is 1. The maximum Gasteiger partial charge on any atom is 0.252 e. The Balaban J connectivity index is 0.00000245. The lowest BCUT2D eigenvalue weighted by atomic mass is 10.0. The molecule has 2 aliphatic heterocycles. The molecule has 1 fully saturated rings. The lowest BCUT2D eigenvalue weighted by Gasteiger charge is -2.34. The van der Waals surface area contributed by atoms with E-state index in [1.54, 1.807) is 16.7 Å². The number of rotatable bonds is 5. The van der Waals surface area contributed by atoms with E-state index in [4.69, 9.17) is 0 Å². The van der Waals surface area contributed by atoms with Gasteiger partial charge in [0.15, 0.2) is 0 Å². The summed E-state index contributed by atoms with van der Waals surface area (Å²) in [7, 11) is 0. The van der Waals surface area contributed by atoms with Crippen LogP contribution >= 0.6 is 28.3 Å². The molecule has 9 heteroatoms. The van der Waals surface area contributed by atoms with Gasteiger partial charge in [0.1, 0.15) is 5.65 Å². The molecule has 3 aromatic heterocycles.